The van der Waals surface area contributed by atoms with E-state index in [0.717, 1.165) is 35.8 Å². The number of carbonyl (C=O) groups excluding carboxylic acids is 1. The Labute approximate surface area is 229 Å². The quantitative estimate of drug-likeness (QED) is 0.579. The number of nitrogens with zero attached hydrogens (tertiary/aromatic N) is 3. The number of likely N-dealkylation sites (tertiary alicyclic amines) is 1. The number of aryl methyl sites for hydroxylation is 2. The number of fused-ring (bicyclic) bond motifs is 1. The lowest BCUT2D eigenvalue weighted by molar-refractivity contribution is -0.145. The number of thiophene rings is 1. The maximum atomic E-state index is 13.8. The first-order valence-electron chi connectivity index (χ1n) is 13.5. The topological polar surface area (TPSA) is 64.1 Å². The van der Waals surface area contributed by atoms with E-state index < -0.39 is 12.0 Å². The van der Waals surface area contributed by atoms with E-state index in [0.29, 0.717) is 32.6 Å². The van der Waals surface area contributed by atoms with Crippen LogP contribution in [0.5, 0.6) is 0 Å². The fourth-order valence-electron chi connectivity index (χ4n) is 6.25. The first kappa shape index (κ1) is 26.7. The van der Waals surface area contributed by atoms with Crippen molar-refractivity contribution in [3.63, 3.8) is 0 Å². The maximum absolute atomic E-state index is 13.8. The first-order chi connectivity index (χ1) is 17.6. The molecule has 0 radical (unpaired) electrons. The van der Waals surface area contributed by atoms with E-state index in [1.54, 1.807) is 11.3 Å². The van der Waals surface area contributed by atoms with Gasteiger partial charge in [0.05, 0.1) is 10.3 Å². The zero-order chi connectivity index (χ0) is 26.3. The molecule has 1 amide bonds. The van der Waals surface area contributed by atoms with E-state index in [-0.39, 0.29) is 23.3 Å². The third kappa shape index (κ3) is 5.75. The largest absolute Gasteiger partial charge is 0.480 e. The Bertz CT molecular complexity index is 1150. The standard InChI is InChI=1S/C29H38ClN3O3S/c1-29(2,3)33-17-22(25-9-10-26(30)37-25)23(18-33)27(34)32-13-11-31(12-14-32)24(28(35)36)16-19-7-8-20-5-4-6-21(20)15-19/h7-10,15,22-24H,4-6,11-14,16-18H2,1-3H3,(H,35,36)/t22?,23?,24-/m0/s1. The van der Waals surface area contributed by atoms with Gasteiger partial charge in [-0.05, 0) is 75.3 Å². The van der Waals surface area contributed by atoms with Crippen molar-refractivity contribution in [1.29, 1.82) is 0 Å². The number of amides is 1. The number of aliphatic carboxylic acids is 1. The molecule has 0 saturated carbocycles. The zero-order valence-electron chi connectivity index (χ0n) is 22.1. The van der Waals surface area contributed by atoms with Crippen molar-refractivity contribution in [2.24, 2.45) is 5.92 Å². The first-order valence-corrected chi connectivity index (χ1v) is 14.7. The van der Waals surface area contributed by atoms with Gasteiger partial charge in [0.1, 0.15) is 6.04 Å². The third-order valence-corrected chi connectivity index (χ3v) is 9.85. The number of carboxylic acids is 1. The Morgan fingerprint density at radius 1 is 1.05 bits per heavy atom. The molecule has 0 bridgehead atoms. The van der Waals surface area contributed by atoms with Crippen LogP contribution in [0.15, 0.2) is 30.3 Å². The molecule has 1 aliphatic carbocycles. The molecule has 3 aliphatic rings. The van der Waals surface area contributed by atoms with E-state index in [9.17, 15) is 14.7 Å². The molecule has 1 aromatic carbocycles. The molecule has 1 N–H and O–H groups in total. The van der Waals surface area contributed by atoms with E-state index in [1.165, 1.54) is 22.4 Å². The minimum atomic E-state index is -0.786. The normalized spacial score (nSPS) is 23.8. The van der Waals surface area contributed by atoms with E-state index in [4.69, 9.17) is 11.6 Å². The summed E-state index contributed by atoms with van der Waals surface area (Å²) >= 11 is 7.83. The molecule has 1 aromatic heterocycles. The number of carboxylic acid groups (broad SMARTS) is 1. The van der Waals surface area contributed by atoms with Gasteiger partial charge in [0, 0.05) is 55.6 Å². The van der Waals surface area contributed by atoms with E-state index >= 15 is 0 Å². The molecular weight excluding hydrogens is 506 g/mol. The molecule has 0 spiro atoms. The predicted molar refractivity (Wildman–Crippen MR) is 149 cm³/mol. The van der Waals surface area contributed by atoms with Crippen LogP contribution in [0.3, 0.4) is 0 Å². The van der Waals surface area contributed by atoms with Crippen molar-refractivity contribution in [2.75, 3.05) is 39.3 Å². The highest BCUT2D eigenvalue weighted by molar-refractivity contribution is 7.16. The van der Waals surface area contributed by atoms with Gasteiger partial charge in [-0.3, -0.25) is 19.4 Å². The van der Waals surface area contributed by atoms with Gasteiger partial charge < -0.3 is 10.0 Å². The zero-order valence-corrected chi connectivity index (χ0v) is 23.7. The SMILES string of the molecule is CC(C)(C)N1CC(C(=O)N2CCN([C@@H](Cc3ccc4c(c3)CCC4)C(=O)O)CC2)C(c2ccc(Cl)s2)C1. The highest BCUT2D eigenvalue weighted by Gasteiger charge is 2.44. The lowest BCUT2D eigenvalue weighted by atomic mass is 9.93. The van der Waals surface area contributed by atoms with Crippen LogP contribution in [0.25, 0.3) is 0 Å². The van der Waals surface area contributed by atoms with Gasteiger partial charge in [-0.1, -0.05) is 29.8 Å². The molecule has 200 valence electrons. The molecular formula is C29H38ClN3O3S. The summed E-state index contributed by atoms with van der Waals surface area (Å²) in [6, 6.07) is 9.90. The van der Waals surface area contributed by atoms with E-state index in [1.807, 2.05) is 15.9 Å². The molecule has 8 heteroatoms. The van der Waals surface area contributed by atoms with Gasteiger partial charge in [-0.2, -0.15) is 0 Å². The summed E-state index contributed by atoms with van der Waals surface area (Å²) in [7, 11) is 0. The molecule has 2 fully saturated rings. The van der Waals surface area contributed by atoms with Crippen LogP contribution in [0.4, 0.5) is 0 Å². The van der Waals surface area contributed by atoms with Crippen LogP contribution in [-0.4, -0.2) is 82.5 Å². The molecule has 2 aromatic rings. The Kier molecular flexibility index (Phi) is 7.70. The van der Waals surface area contributed by atoms with Gasteiger partial charge in [-0.25, -0.2) is 0 Å². The molecule has 37 heavy (non-hydrogen) atoms. The van der Waals surface area contributed by atoms with Crippen LogP contribution >= 0.6 is 22.9 Å². The second-order valence-corrected chi connectivity index (χ2v) is 13.6. The number of halogens is 1. The molecule has 5 rings (SSSR count). The lowest BCUT2D eigenvalue weighted by Gasteiger charge is -2.39. The molecule has 3 heterocycles. The van der Waals surface area contributed by atoms with Crippen LogP contribution in [0.1, 0.15) is 54.7 Å². The summed E-state index contributed by atoms with van der Waals surface area (Å²) in [6.45, 7) is 10.5. The number of benzene rings is 1. The van der Waals surface area contributed by atoms with Crippen LogP contribution in [0, 0.1) is 5.92 Å². The number of piperazine rings is 1. The molecule has 2 aliphatic heterocycles. The predicted octanol–water partition coefficient (Wildman–Crippen LogP) is 4.54. The Morgan fingerprint density at radius 2 is 1.78 bits per heavy atom. The second kappa shape index (κ2) is 10.7. The van der Waals surface area contributed by atoms with Crippen molar-refractivity contribution in [2.45, 2.75) is 64.0 Å². The minimum Gasteiger partial charge on any atom is -0.480 e. The molecule has 6 nitrogen and oxygen atoms in total. The van der Waals surface area contributed by atoms with Crippen molar-refractivity contribution in [3.8, 4) is 0 Å². The Balaban J connectivity index is 1.25. The van der Waals surface area contributed by atoms with Crippen molar-refractivity contribution in [1.82, 2.24) is 14.7 Å². The number of hydrogen-bond donors (Lipinski definition) is 1. The highest BCUT2D eigenvalue weighted by atomic mass is 35.5. The average molecular weight is 544 g/mol. The minimum absolute atomic E-state index is 0.0146. The van der Waals surface area contributed by atoms with Crippen LogP contribution < -0.4 is 0 Å². The van der Waals surface area contributed by atoms with Crippen molar-refractivity contribution < 1.29 is 14.7 Å². The van der Waals surface area contributed by atoms with E-state index in [2.05, 4.69) is 49.9 Å². The van der Waals surface area contributed by atoms with Crippen molar-refractivity contribution in [3.05, 3.63) is 56.2 Å². The summed E-state index contributed by atoms with van der Waals surface area (Å²) in [5.74, 6) is -0.575. The second-order valence-electron chi connectivity index (χ2n) is 11.8. The maximum Gasteiger partial charge on any atom is 0.321 e. The molecule has 3 atom stereocenters. The lowest BCUT2D eigenvalue weighted by Crippen LogP contribution is -2.56. The summed E-state index contributed by atoms with van der Waals surface area (Å²) < 4.78 is 0.757. The van der Waals surface area contributed by atoms with Crippen LogP contribution in [-0.2, 0) is 28.9 Å². The number of hydrogen-bond acceptors (Lipinski definition) is 5. The molecule has 2 saturated heterocycles. The monoisotopic (exact) mass is 543 g/mol. The fraction of sp³-hybridized carbons (Fsp3) is 0.586. The summed E-state index contributed by atoms with van der Waals surface area (Å²) in [5.41, 5.74) is 3.86. The average Bonchev–Trinajstić information content (AvgIpc) is 3.60. The summed E-state index contributed by atoms with van der Waals surface area (Å²) in [4.78, 5) is 33.7. The van der Waals surface area contributed by atoms with Gasteiger partial charge in [0.25, 0.3) is 0 Å². The van der Waals surface area contributed by atoms with Crippen molar-refractivity contribution >= 4 is 34.8 Å². The van der Waals surface area contributed by atoms with Gasteiger partial charge in [0.2, 0.25) is 5.91 Å². The summed E-state index contributed by atoms with van der Waals surface area (Å²) in [6.07, 6.45) is 3.91. The third-order valence-electron chi connectivity index (χ3n) is 8.49. The number of carbonyl (C=O) groups is 2. The van der Waals surface area contributed by atoms with Gasteiger partial charge in [0.15, 0.2) is 0 Å². The Morgan fingerprint density at radius 3 is 2.43 bits per heavy atom. The highest BCUT2D eigenvalue weighted by Crippen LogP contribution is 2.41. The molecule has 2 unspecified atom stereocenters. The Hall–Kier alpha value is -1.93. The summed E-state index contributed by atoms with van der Waals surface area (Å²) in [5, 5.41) is 10.1. The van der Waals surface area contributed by atoms with Gasteiger partial charge >= 0.3 is 5.97 Å². The smallest absolute Gasteiger partial charge is 0.321 e. The fourth-order valence-corrected chi connectivity index (χ4v) is 7.47. The van der Waals surface area contributed by atoms with Crippen LogP contribution in [0.2, 0.25) is 4.34 Å². The number of rotatable bonds is 6. The van der Waals surface area contributed by atoms with Gasteiger partial charge in [-0.15, -0.1) is 11.3 Å².